The van der Waals surface area contributed by atoms with Crippen LogP contribution in [0.4, 0.5) is 0 Å². The average molecular weight is 286 g/mol. The first-order valence-corrected chi connectivity index (χ1v) is 7.29. The van der Waals surface area contributed by atoms with Gasteiger partial charge in [0.25, 0.3) is 10.2 Å². The molecule has 0 radical (unpaired) electrons. The first kappa shape index (κ1) is 17.1. The van der Waals surface area contributed by atoms with Gasteiger partial charge in [-0.05, 0) is 25.3 Å². The summed E-state index contributed by atoms with van der Waals surface area (Å²) in [6.07, 6.45) is 1.11. The first-order valence-electron chi connectivity index (χ1n) is 5.85. The van der Waals surface area contributed by atoms with E-state index in [-0.39, 0.29) is 12.4 Å². The van der Waals surface area contributed by atoms with E-state index >= 15 is 0 Å². The number of rotatable bonds is 5. The normalized spacial score (nSPS) is 26.5. The van der Waals surface area contributed by atoms with Crippen molar-refractivity contribution in [3.05, 3.63) is 0 Å². The van der Waals surface area contributed by atoms with E-state index in [1.807, 2.05) is 0 Å². The lowest BCUT2D eigenvalue weighted by Crippen LogP contribution is -2.48. The molecule has 0 bridgehead atoms. The highest BCUT2D eigenvalue weighted by molar-refractivity contribution is 7.87. The van der Waals surface area contributed by atoms with Crippen LogP contribution in [0.15, 0.2) is 0 Å². The number of halogens is 1. The number of hydrogen-bond donors (Lipinski definition) is 2. The van der Waals surface area contributed by atoms with Gasteiger partial charge in [0.15, 0.2) is 0 Å². The van der Waals surface area contributed by atoms with Crippen LogP contribution in [0.5, 0.6) is 0 Å². The third-order valence-electron chi connectivity index (χ3n) is 2.83. The van der Waals surface area contributed by atoms with E-state index < -0.39 is 10.2 Å². The Morgan fingerprint density at radius 3 is 2.18 bits per heavy atom. The van der Waals surface area contributed by atoms with E-state index in [9.17, 15) is 8.42 Å². The lowest BCUT2D eigenvalue weighted by molar-refractivity contribution is 0.220. The van der Waals surface area contributed by atoms with Crippen LogP contribution in [0, 0.1) is 11.8 Å². The van der Waals surface area contributed by atoms with Crippen LogP contribution in [0.2, 0.25) is 0 Å². The Morgan fingerprint density at radius 1 is 1.18 bits per heavy atom. The van der Waals surface area contributed by atoms with Crippen molar-refractivity contribution in [2.24, 2.45) is 11.8 Å². The lowest BCUT2D eigenvalue weighted by atomic mass is 9.94. The standard InChI is InChI=1S/C10H23N3O2S.ClH/c1-9-6-10(2)8-13(7-9)16(14,15)12-5-4-11-3;/h9-12H,4-8H2,1-3H3;1H. The number of nitrogens with zero attached hydrogens (tertiary/aromatic N) is 1. The summed E-state index contributed by atoms with van der Waals surface area (Å²) in [5.41, 5.74) is 0. The van der Waals surface area contributed by atoms with Crippen molar-refractivity contribution in [2.45, 2.75) is 20.3 Å². The molecule has 5 nitrogen and oxygen atoms in total. The van der Waals surface area contributed by atoms with Crippen LogP contribution in [-0.4, -0.2) is 45.9 Å². The van der Waals surface area contributed by atoms with Gasteiger partial charge in [-0.25, -0.2) is 4.72 Å². The van der Waals surface area contributed by atoms with Crippen molar-refractivity contribution in [1.82, 2.24) is 14.3 Å². The van der Waals surface area contributed by atoms with Gasteiger partial charge < -0.3 is 5.32 Å². The smallest absolute Gasteiger partial charge is 0.279 e. The molecule has 17 heavy (non-hydrogen) atoms. The number of likely N-dealkylation sites (N-methyl/N-ethyl adjacent to an activating group) is 1. The summed E-state index contributed by atoms with van der Waals surface area (Å²) in [6.45, 7) is 6.58. The molecule has 1 aliphatic heterocycles. The van der Waals surface area contributed by atoms with Crippen molar-refractivity contribution in [3.8, 4) is 0 Å². The molecule has 0 aromatic rings. The fraction of sp³-hybridized carbons (Fsp3) is 1.00. The fourth-order valence-corrected chi connectivity index (χ4v) is 3.64. The van der Waals surface area contributed by atoms with Gasteiger partial charge in [0.1, 0.15) is 0 Å². The molecular formula is C10H24ClN3O2S. The van der Waals surface area contributed by atoms with E-state index in [0.29, 0.717) is 38.0 Å². The van der Waals surface area contributed by atoms with E-state index in [0.717, 1.165) is 6.42 Å². The van der Waals surface area contributed by atoms with Crippen molar-refractivity contribution >= 4 is 22.6 Å². The van der Waals surface area contributed by atoms with Gasteiger partial charge in [-0.1, -0.05) is 13.8 Å². The van der Waals surface area contributed by atoms with Crippen molar-refractivity contribution in [3.63, 3.8) is 0 Å². The Hall–Kier alpha value is 0.120. The van der Waals surface area contributed by atoms with Crippen LogP contribution >= 0.6 is 12.4 Å². The Labute approximate surface area is 111 Å². The fourth-order valence-electron chi connectivity index (χ4n) is 2.20. The van der Waals surface area contributed by atoms with E-state index in [1.54, 1.807) is 11.4 Å². The molecule has 0 spiro atoms. The second-order valence-corrected chi connectivity index (χ2v) is 6.52. The highest BCUT2D eigenvalue weighted by Crippen LogP contribution is 2.22. The Balaban J connectivity index is 0.00000256. The topological polar surface area (TPSA) is 61.4 Å². The zero-order chi connectivity index (χ0) is 12.2. The molecule has 0 aromatic heterocycles. The van der Waals surface area contributed by atoms with Gasteiger partial charge in [0, 0.05) is 26.2 Å². The molecule has 0 saturated carbocycles. The maximum absolute atomic E-state index is 11.9. The Kier molecular flexibility index (Phi) is 7.58. The summed E-state index contributed by atoms with van der Waals surface area (Å²) in [4.78, 5) is 0. The molecule has 1 aliphatic rings. The van der Waals surface area contributed by atoms with Gasteiger partial charge in [-0.2, -0.15) is 12.7 Å². The average Bonchev–Trinajstić information content (AvgIpc) is 2.16. The second-order valence-electron chi connectivity index (χ2n) is 4.77. The molecule has 1 saturated heterocycles. The maximum Gasteiger partial charge on any atom is 0.279 e. The van der Waals surface area contributed by atoms with Crippen molar-refractivity contribution in [1.29, 1.82) is 0 Å². The number of hydrogen-bond acceptors (Lipinski definition) is 3. The summed E-state index contributed by atoms with van der Waals surface area (Å²) in [6, 6.07) is 0. The van der Waals surface area contributed by atoms with Crippen LogP contribution < -0.4 is 10.0 Å². The highest BCUT2D eigenvalue weighted by atomic mass is 35.5. The van der Waals surface area contributed by atoms with Crippen LogP contribution in [0.25, 0.3) is 0 Å². The molecule has 1 heterocycles. The molecule has 104 valence electrons. The summed E-state index contributed by atoms with van der Waals surface area (Å²) in [5.74, 6) is 0.897. The lowest BCUT2D eigenvalue weighted by Gasteiger charge is -2.33. The van der Waals surface area contributed by atoms with E-state index in [2.05, 4.69) is 23.9 Å². The summed E-state index contributed by atoms with van der Waals surface area (Å²) >= 11 is 0. The van der Waals surface area contributed by atoms with Crippen molar-refractivity contribution < 1.29 is 8.42 Å². The maximum atomic E-state index is 11.9. The van der Waals surface area contributed by atoms with Gasteiger partial charge in [0.2, 0.25) is 0 Å². The quantitative estimate of drug-likeness (QED) is 0.721. The molecular weight excluding hydrogens is 262 g/mol. The number of piperidine rings is 1. The van der Waals surface area contributed by atoms with Crippen LogP contribution in [-0.2, 0) is 10.2 Å². The molecule has 7 heteroatoms. The third kappa shape index (κ3) is 5.52. The number of nitrogens with one attached hydrogen (secondary N) is 2. The molecule has 0 amide bonds. The van der Waals surface area contributed by atoms with Crippen molar-refractivity contribution in [2.75, 3.05) is 33.2 Å². The summed E-state index contributed by atoms with van der Waals surface area (Å²) < 4.78 is 28.1. The minimum absolute atomic E-state index is 0. The molecule has 1 fully saturated rings. The van der Waals surface area contributed by atoms with Gasteiger partial charge in [-0.15, -0.1) is 12.4 Å². The van der Waals surface area contributed by atoms with Crippen LogP contribution in [0.1, 0.15) is 20.3 Å². The van der Waals surface area contributed by atoms with E-state index in [4.69, 9.17) is 0 Å². The molecule has 1 rings (SSSR count). The van der Waals surface area contributed by atoms with E-state index in [1.165, 1.54) is 0 Å². The second kappa shape index (κ2) is 7.53. The summed E-state index contributed by atoms with van der Waals surface area (Å²) in [5, 5.41) is 2.92. The largest absolute Gasteiger partial charge is 0.318 e. The predicted octanol–water partition coefficient (Wildman–Crippen LogP) is 0.440. The first-order chi connectivity index (χ1) is 7.45. The predicted molar refractivity (Wildman–Crippen MR) is 72.6 cm³/mol. The highest BCUT2D eigenvalue weighted by Gasteiger charge is 2.29. The Morgan fingerprint density at radius 2 is 1.71 bits per heavy atom. The molecule has 2 unspecified atom stereocenters. The molecule has 0 aromatic carbocycles. The minimum atomic E-state index is -3.28. The van der Waals surface area contributed by atoms with Gasteiger partial charge >= 0.3 is 0 Å². The zero-order valence-corrected chi connectivity index (χ0v) is 12.4. The van der Waals surface area contributed by atoms with Crippen LogP contribution in [0.3, 0.4) is 0 Å². The van der Waals surface area contributed by atoms with Gasteiger partial charge in [0.05, 0.1) is 0 Å². The molecule has 2 atom stereocenters. The monoisotopic (exact) mass is 285 g/mol. The minimum Gasteiger partial charge on any atom is -0.318 e. The van der Waals surface area contributed by atoms with Gasteiger partial charge in [-0.3, -0.25) is 0 Å². The molecule has 2 N–H and O–H groups in total. The molecule has 0 aliphatic carbocycles. The zero-order valence-electron chi connectivity index (χ0n) is 10.8. The Bertz CT molecular complexity index is 301. The third-order valence-corrected chi connectivity index (χ3v) is 4.38. The summed E-state index contributed by atoms with van der Waals surface area (Å²) in [7, 11) is -1.47. The SMILES string of the molecule is CNCCNS(=O)(=O)N1CC(C)CC(C)C1.Cl.